The Balaban J connectivity index is 1.96. The van der Waals surface area contributed by atoms with Crippen LogP contribution in [0.25, 0.3) is 0 Å². The lowest BCUT2D eigenvalue weighted by Crippen LogP contribution is -2.40. The lowest BCUT2D eigenvalue weighted by Gasteiger charge is -2.23. The minimum Gasteiger partial charge on any atom is -0.493 e. The number of rotatable bonds is 7. The van der Waals surface area contributed by atoms with E-state index in [1.54, 1.807) is 29.5 Å². The summed E-state index contributed by atoms with van der Waals surface area (Å²) in [5.74, 6) is -0.419. The zero-order valence-electron chi connectivity index (χ0n) is 15.2. The first-order valence-electron chi connectivity index (χ1n) is 7.96. The SMILES string of the molecule is COc1ccc(NC(=O)C(=O)NC[C@@H](c2ccsc2)N(C)C)cc1OC. The monoisotopic (exact) mass is 377 g/mol. The summed E-state index contributed by atoms with van der Waals surface area (Å²) in [6.07, 6.45) is 0. The number of nitrogens with zero attached hydrogens (tertiary/aromatic N) is 1. The van der Waals surface area contributed by atoms with Crippen LogP contribution in [0, 0.1) is 0 Å². The van der Waals surface area contributed by atoms with Gasteiger partial charge < -0.3 is 25.0 Å². The molecule has 140 valence electrons. The molecule has 0 saturated carbocycles. The molecular weight excluding hydrogens is 354 g/mol. The standard InChI is InChI=1S/C18H23N3O4S/c1-21(2)14(12-7-8-26-11-12)10-19-17(22)18(23)20-13-5-6-15(24-3)16(9-13)25-4/h5-9,11,14H,10H2,1-4H3,(H,19,22)(H,20,23)/t14-/m0/s1. The molecule has 0 bridgehead atoms. The molecule has 1 aromatic heterocycles. The molecule has 0 saturated heterocycles. The van der Waals surface area contributed by atoms with Crippen molar-refractivity contribution in [1.29, 1.82) is 0 Å². The van der Waals surface area contributed by atoms with Crippen molar-refractivity contribution >= 4 is 28.8 Å². The number of anilines is 1. The van der Waals surface area contributed by atoms with E-state index >= 15 is 0 Å². The first kappa shape index (κ1) is 19.7. The molecule has 1 heterocycles. The molecule has 2 rings (SSSR count). The summed E-state index contributed by atoms with van der Waals surface area (Å²) in [5, 5.41) is 9.25. The summed E-state index contributed by atoms with van der Waals surface area (Å²) < 4.78 is 10.3. The molecule has 1 atom stereocenters. The highest BCUT2D eigenvalue weighted by Gasteiger charge is 2.19. The van der Waals surface area contributed by atoms with E-state index in [-0.39, 0.29) is 6.04 Å². The average Bonchev–Trinajstić information content (AvgIpc) is 3.15. The molecule has 1 aromatic carbocycles. The Kier molecular flexibility index (Phi) is 6.99. The number of thiophene rings is 1. The van der Waals surface area contributed by atoms with Crippen LogP contribution in [0.5, 0.6) is 11.5 Å². The van der Waals surface area contributed by atoms with Crippen molar-refractivity contribution in [3.63, 3.8) is 0 Å². The third-order valence-corrected chi connectivity index (χ3v) is 4.56. The summed E-state index contributed by atoms with van der Waals surface area (Å²) in [5.41, 5.74) is 1.55. The van der Waals surface area contributed by atoms with Crippen LogP contribution in [0.3, 0.4) is 0 Å². The minimum absolute atomic E-state index is 0.000851. The second-order valence-corrected chi connectivity index (χ2v) is 6.55. The summed E-state index contributed by atoms with van der Waals surface area (Å²) in [7, 11) is 6.89. The molecule has 2 aromatic rings. The summed E-state index contributed by atoms with van der Waals surface area (Å²) >= 11 is 1.59. The molecule has 0 aliphatic heterocycles. The highest BCUT2D eigenvalue weighted by atomic mass is 32.1. The van der Waals surface area contributed by atoms with Gasteiger partial charge in [-0.15, -0.1) is 0 Å². The Hall–Kier alpha value is -2.58. The zero-order chi connectivity index (χ0) is 19.1. The van der Waals surface area contributed by atoms with Gasteiger partial charge in [0.2, 0.25) is 0 Å². The zero-order valence-corrected chi connectivity index (χ0v) is 16.1. The fourth-order valence-corrected chi connectivity index (χ4v) is 3.14. The lowest BCUT2D eigenvalue weighted by atomic mass is 10.1. The number of carbonyl (C=O) groups is 2. The molecule has 8 heteroatoms. The maximum absolute atomic E-state index is 12.1. The number of methoxy groups -OCH3 is 2. The van der Waals surface area contributed by atoms with Crippen LogP contribution >= 0.6 is 11.3 Å². The number of likely N-dealkylation sites (N-methyl/N-ethyl adjacent to an activating group) is 1. The minimum atomic E-state index is -0.736. The van der Waals surface area contributed by atoms with Crippen LogP contribution in [0.2, 0.25) is 0 Å². The number of amides is 2. The van der Waals surface area contributed by atoms with E-state index in [1.165, 1.54) is 14.2 Å². The van der Waals surface area contributed by atoms with Gasteiger partial charge in [0, 0.05) is 18.3 Å². The third-order valence-electron chi connectivity index (χ3n) is 3.85. The van der Waals surface area contributed by atoms with Crippen molar-refractivity contribution in [3.05, 3.63) is 40.6 Å². The van der Waals surface area contributed by atoms with E-state index in [9.17, 15) is 9.59 Å². The smallest absolute Gasteiger partial charge is 0.313 e. The predicted octanol–water partition coefficient (Wildman–Crippen LogP) is 2.12. The maximum atomic E-state index is 12.1. The average molecular weight is 377 g/mol. The molecule has 0 aliphatic carbocycles. The molecule has 0 fully saturated rings. The maximum Gasteiger partial charge on any atom is 0.313 e. The van der Waals surface area contributed by atoms with Crippen molar-refractivity contribution in [3.8, 4) is 11.5 Å². The van der Waals surface area contributed by atoms with Gasteiger partial charge in [0.05, 0.1) is 20.3 Å². The highest BCUT2D eigenvalue weighted by molar-refractivity contribution is 7.08. The van der Waals surface area contributed by atoms with Crippen LogP contribution in [0.4, 0.5) is 5.69 Å². The second kappa shape index (κ2) is 9.21. The van der Waals surface area contributed by atoms with Crippen molar-refractivity contribution < 1.29 is 19.1 Å². The molecule has 0 spiro atoms. The van der Waals surface area contributed by atoms with Gasteiger partial charge in [0.25, 0.3) is 0 Å². The van der Waals surface area contributed by atoms with Gasteiger partial charge in [-0.05, 0) is 48.6 Å². The number of carbonyl (C=O) groups excluding carboxylic acids is 2. The van der Waals surface area contributed by atoms with Crippen LogP contribution in [-0.2, 0) is 9.59 Å². The first-order valence-corrected chi connectivity index (χ1v) is 8.90. The van der Waals surface area contributed by atoms with Crippen molar-refractivity contribution in [2.24, 2.45) is 0 Å². The molecule has 2 N–H and O–H groups in total. The third kappa shape index (κ3) is 4.96. The van der Waals surface area contributed by atoms with E-state index in [1.807, 2.05) is 35.8 Å². The fraction of sp³-hybridized carbons (Fsp3) is 0.333. The molecule has 26 heavy (non-hydrogen) atoms. The van der Waals surface area contributed by atoms with Gasteiger partial charge in [-0.25, -0.2) is 0 Å². The molecule has 0 radical (unpaired) electrons. The van der Waals surface area contributed by atoms with Gasteiger partial charge in [-0.3, -0.25) is 9.59 Å². The van der Waals surface area contributed by atoms with Crippen molar-refractivity contribution in [1.82, 2.24) is 10.2 Å². The van der Waals surface area contributed by atoms with Gasteiger partial charge >= 0.3 is 11.8 Å². The Labute approximate surface area is 156 Å². The number of nitrogens with one attached hydrogen (secondary N) is 2. The second-order valence-electron chi connectivity index (χ2n) is 5.77. The lowest BCUT2D eigenvalue weighted by molar-refractivity contribution is -0.136. The topological polar surface area (TPSA) is 79.9 Å². The van der Waals surface area contributed by atoms with Crippen molar-refractivity contribution in [2.75, 3.05) is 40.2 Å². The molecule has 0 aliphatic rings. The number of benzene rings is 1. The Morgan fingerprint density at radius 2 is 1.85 bits per heavy atom. The number of hydrogen-bond acceptors (Lipinski definition) is 6. The van der Waals surface area contributed by atoms with E-state index in [2.05, 4.69) is 10.6 Å². The molecular formula is C18H23N3O4S. The number of ether oxygens (including phenoxy) is 2. The van der Waals surface area contributed by atoms with Gasteiger partial charge in [-0.2, -0.15) is 11.3 Å². The highest BCUT2D eigenvalue weighted by Crippen LogP contribution is 2.29. The first-order chi connectivity index (χ1) is 12.5. The van der Waals surface area contributed by atoms with Crippen LogP contribution < -0.4 is 20.1 Å². The fourth-order valence-electron chi connectivity index (χ4n) is 2.43. The van der Waals surface area contributed by atoms with Crippen molar-refractivity contribution in [2.45, 2.75) is 6.04 Å². The molecule has 0 unspecified atom stereocenters. The number of hydrogen-bond donors (Lipinski definition) is 2. The predicted molar refractivity (Wildman–Crippen MR) is 102 cm³/mol. The summed E-state index contributed by atoms with van der Waals surface area (Å²) in [4.78, 5) is 26.2. The Morgan fingerprint density at radius 1 is 1.12 bits per heavy atom. The summed E-state index contributed by atoms with van der Waals surface area (Å²) in [6, 6.07) is 6.90. The molecule has 2 amide bonds. The Bertz CT molecular complexity index is 747. The normalized spacial score (nSPS) is 11.7. The Morgan fingerprint density at radius 3 is 2.42 bits per heavy atom. The van der Waals surface area contributed by atoms with Crippen LogP contribution in [0.1, 0.15) is 11.6 Å². The largest absolute Gasteiger partial charge is 0.493 e. The summed E-state index contributed by atoms with van der Waals surface area (Å²) in [6.45, 7) is 0.335. The van der Waals surface area contributed by atoms with Gasteiger partial charge in [0.15, 0.2) is 11.5 Å². The van der Waals surface area contributed by atoms with Crippen LogP contribution in [-0.4, -0.2) is 51.6 Å². The van der Waals surface area contributed by atoms with E-state index in [0.29, 0.717) is 23.7 Å². The van der Waals surface area contributed by atoms with Gasteiger partial charge in [0.1, 0.15) is 0 Å². The van der Waals surface area contributed by atoms with E-state index in [4.69, 9.17) is 9.47 Å². The van der Waals surface area contributed by atoms with E-state index in [0.717, 1.165) is 5.56 Å². The van der Waals surface area contributed by atoms with Gasteiger partial charge in [-0.1, -0.05) is 0 Å². The quantitative estimate of drug-likeness (QED) is 0.723. The molecule has 7 nitrogen and oxygen atoms in total. The van der Waals surface area contributed by atoms with E-state index < -0.39 is 11.8 Å². The van der Waals surface area contributed by atoms with Crippen LogP contribution in [0.15, 0.2) is 35.0 Å².